The highest BCUT2D eigenvalue weighted by atomic mass is 32.2. The number of carbonyl (C=O) groups excluding carboxylic acids is 4. The lowest BCUT2D eigenvalue weighted by molar-refractivity contribution is -0.139. The number of ketones is 1. The quantitative estimate of drug-likeness (QED) is 0.507. The molecule has 122 valence electrons. The minimum absolute atomic E-state index is 0.256. The number of hydrogen-bond acceptors (Lipinski definition) is 7. The van der Waals surface area contributed by atoms with E-state index in [0.29, 0.717) is 11.2 Å². The molecule has 0 unspecified atom stereocenters. The lowest BCUT2D eigenvalue weighted by Gasteiger charge is -2.03. The fourth-order valence-corrected chi connectivity index (χ4v) is 2.78. The van der Waals surface area contributed by atoms with Gasteiger partial charge in [0.2, 0.25) is 5.78 Å². The molecule has 24 heavy (non-hydrogen) atoms. The van der Waals surface area contributed by atoms with Gasteiger partial charge in [0.1, 0.15) is 11.3 Å². The number of amides is 2. The van der Waals surface area contributed by atoms with Gasteiger partial charge >= 0.3 is 5.97 Å². The summed E-state index contributed by atoms with van der Waals surface area (Å²) < 4.78 is 6.24. The average molecular weight is 345 g/mol. The highest BCUT2D eigenvalue weighted by molar-refractivity contribution is 8.18. The van der Waals surface area contributed by atoms with Crippen LogP contribution in [0.25, 0.3) is 11.7 Å². The smallest absolute Gasteiger partial charge is 0.303 e. The second-order valence-corrected chi connectivity index (χ2v) is 5.90. The molecule has 3 rings (SSSR count). The summed E-state index contributed by atoms with van der Waals surface area (Å²) in [5, 5.41) is 1.75. The first-order valence-corrected chi connectivity index (χ1v) is 7.64. The maximum absolute atomic E-state index is 12.1. The van der Waals surface area contributed by atoms with Crippen molar-refractivity contribution >= 4 is 46.4 Å². The molecule has 1 aliphatic rings. The van der Waals surface area contributed by atoms with Gasteiger partial charge in [-0.05, 0) is 35.5 Å². The summed E-state index contributed by atoms with van der Waals surface area (Å²) in [5.41, 5.74) is 1.41. The van der Waals surface area contributed by atoms with Gasteiger partial charge in [-0.15, -0.1) is 0 Å². The molecule has 1 saturated heterocycles. The molecule has 0 atom stereocenters. The summed E-state index contributed by atoms with van der Waals surface area (Å²) in [6.07, 6.45) is 4.55. The molecule has 2 amide bonds. The van der Waals surface area contributed by atoms with Crippen LogP contribution in [0.15, 0.2) is 29.4 Å². The molecule has 2 aromatic heterocycles. The van der Waals surface area contributed by atoms with Crippen molar-refractivity contribution in [2.24, 2.45) is 0 Å². The number of ether oxygens (including phenoxy) is 1. The zero-order valence-electron chi connectivity index (χ0n) is 12.4. The van der Waals surface area contributed by atoms with Crippen molar-refractivity contribution in [2.45, 2.75) is 6.92 Å². The van der Waals surface area contributed by atoms with Gasteiger partial charge in [0.15, 0.2) is 6.61 Å². The zero-order chi connectivity index (χ0) is 17.3. The third-order valence-electron chi connectivity index (χ3n) is 3.16. The summed E-state index contributed by atoms with van der Waals surface area (Å²) >= 11 is 0.810. The Morgan fingerprint density at radius 3 is 2.83 bits per heavy atom. The average Bonchev–Trinajstić information content (AvgIpc) is 3.08. The van der Waals surface area contributed by atoms with Crippen molar-refractivity contribution in [1.29, 1.82) is 0 Å². The fourth-order valence-electron chi connectivity index (χ4n) is 2.10. The number of thioether (sulfide) groups is 1. The van der Waals surface area contributed by atoms with Gasteiger partial charge < -0.3 is 4.74 Å². The molecule has 8 nitrogen and oxygen atoms in total. The molecule has 0 aromatic carbocycles. The summed E-state index contributed by atoms with van der Waals surface area (Å²) in [6.45, 7) is 0.846. The largest absolute Gasteiger partial charge is 0.457 e. The lowest BCUT2D eigenvalue weighted by Crippen LogP contribution is -2.17. The maximum Gasteiger partial charge on any atom is 0.303 e. The second-order valence-electron chi connectivity index (χ2n) is 4.89. The van der Waals surface area contributed by atoms with Crippen LogP contribution in [0.3, 0.4) is 0 Å². The highest BCUT2D eigenvalue weighted by Crippen LogP contribution is 2.25. The Bertz CT molecular complexity index is 915. The molecule has 0 radical (unpaired) electrons. The maximum atomic E-state index is 12.1. The lowest BCUT2D eigenvalue weighted by atomic mass is 10.2. The first-order chi connectivity index (χ1) is 11.4. The van der Waals surface area contributed by atoms with E-state index in [1.54, 1.807) is 24.4 Å². The number of Topliss-reactive ketones (excluding diaryl/α,β-unsaturated/α-hetero) is 1. The Labute approximate surface area is 139 Å². The number of imide groups is 1. The highest BCUT2D eigenvalue weighted by Gasteiger charge is 2.25. The predicted molar refractivity (Wildman–Crippen MR) is 85.3 cm³/mol. The Morgan fingerprint density at radius 2 is 2.17 bits per heavy atom. The van der Waals surface area contributed by atoms with Crippen LogP contribution < -0.4 is 5.32 Å². The van der Waals surface area contributed by atoms with Gasteiger partial charge in [0.25, 0.3) is 11.1 Å². The number of esters is 1. The number of hydrogen-bond donors (Lipinski definition) is 1. The number of nitrogens with one attached hydrogen (secondary N) is 1. The first kappa shape index (κ1) is 15.9. The minimum atomic E-state index is -0.545. The van der Waals surface area contributed by atoms with Crippen molar-refractivity contribution in [3.8, 4) is 0 Å². The van der Waals surface area contributed by atoms with Gasteiger partial charge in [-0.3, -0.25) is 28.9 Å². The number of pyridine rings is 1. The van der Waals surface area contributed by atoms with E-state index in [1.165, 1.54) is 17.5 Å². The summed E-state index contributed by atoms with van der Waals surface area (Å²) in [6, 6.07) is 3.39. The molecule has 0 saturated carbocycles. The van der Waals surface area contributed by atoms with E-state index in [1.807, 2.05) is 0 Å². The van der Waals surface area contributed by atoms with Gasteiger partial charge in [-0.1, -0.05) is 0 Å². The summed E-state index contributed by atoms with van der Waals surface area (Å²) in [7, 11) is 0. The van der Waals surface area contributed by atoms with Gasteiger partial charge in [0.05, 0.1) is 11.1 Å². The summed E-state index contributed by atoms with van der Waals surface area (Å²) in [4.78, 5) is 50.1. The number of carbonyl (C=O) groups is 4. The second kappa shape index (κ2) is 6.28. The Morgan fingerprint density at radius 1 is 1.38 bits per heavy atom. The van der Waals surface area contributed by atoms with Gasteiger partial charge in [0, 0.05) is 13.1 Å². The zero-order valence-corrected chi connectivity index (χ0v) is 13.3. The van der Waals surface area contributed by atoms with Crippen molar-refractivity contribution in [3.63, 3.8) is 0 Å². The molecule has 9 heteroatoms. The van der Waals surface area contributed by atoms with Crippen LogP contribution in [-0.4, -0.2) is 38.9 Å². The molecule has 0 aliphatic carbocycles. The van der Waals surface area contributed by atoms with Gasteiger partial charge in [-0.2, -0.15) is 0 Å². The number of rotatable bonds is 4. The van der Waals surface area contributed by atoms with E-state index in [4.69, 9.17) is 4.74 Å². The number of nitrogens with zero attached hydrogens (tertiary/aromatic N) is 2. The van der Waals surface area contributed by atoms with Crippen LogP contribution in [0.4, 0.5) is 4.79 Å². The molecule has 1 N–H and O–H groups in total. The minimum Gasteiger partial charge on any atom is -0.457 e. The van der Waals surface area contributed by atoms with Gasteiger partial charge in [-0.25, -0.2) is 4.98 Å². The van der Waals surface area contributed by atoms with Crippen LogP contribution in [0, 0.1) is 0 Å². The van der Waals surface area contributed by atoms with Crippen LogP contribution in [0.1, 0.15) is 23.0 Å². The predicted octanol–water partition coefficient (Wildman–Crippen LogP) is 1.40. The van der Waals surface area contributed by atoms with Crippen molar-refractivity contribution in [1.82, 2.24) is 14.7 Å². The molecule has 2 aromatic rings. The number of imidazole rings is 1. The van der Waals surface area contributed by atoms with E-state index >= 15 is 0 Å². The third-order valence-corrected chi connectivity index (χ3v) is 3.97. The Hall–Kier alpha value is -2.94. The van der Waals surface area contributed by atoms with Crippen molar-refractivity contribution < 1.29 is 23.9 Å². The monoisotopic (exact) mass is 345 g/mol. The number of fused-ring (bicyclic) bond motifs is 1. The molecular formula is C15H11N3O5S. The van der Waals surface area contributed by atoms with E-state index in [-0.39, 0.29) is 17.2 Å². The topological polar surface area (TPSA) is 107 Å². The van der Waals surface area contributed by atoms with Crippen LogP contribution in [-0.2, 0) is 14.3 Å². The number of aromatic nitrogens is 2. The molecule has 1 aliphatic heterocycles. The molecule has 0 spiro atoms. The first-order valence-electron chi connectivity index (χ1n) is 6.82. The third kappa shape index (κ3) is 3.20. The van der Waals surface area contributed by atoms with Crippen LogP contribution >= 0.6 is 11.8 Å². The summed E-state index contributed by atoms with van der Waals surface area (Å²) in [5.74, 6) is -1.40. The van der Waals surface area contributed by atoms with Crippen LogP contribution in [0.5, 0.6) is 0 Å². The molecular weight excluding hydrogens is 334 g/mol. The van der Waals surface area contributed by atoms with E-state index in [2.05, 4.69) is 10.3 Å². The van der Waals surface area contributed by atoms with E-state index in [0.717, 1.165) is 11.8 Å². The van der Waals surface area contributed by atoms with E-state index in [9.17, 15) is 19.2 Å². The van der Waals surface area contributed by atoms with Crippen molar-refractivity contribution in [2.75, 3.05) is 6.61 Å². The Balaban J connectivity index is 1.93. The van der Waals surface area contributed by atoms with E-state index < -0.39 is 22.9 Å². The normalized spacial score (nSPS) is 15.8. The molecule has 3 heterocycles. The van der Waals surface area contributed by atoms with Crippen molar-refractivity contribution in [3.05, 3.63) is 40.7 Å². The standard InChI is InChI=1S/C15H11N3O5S/c1-8(19)23-7-11(20)10-5-16-13-3-2-9(6-18(10)13)4-12-14(21)17-15(22)24-12/h2-6H,7H2,1H3,(H,17,21,22). The van der Waals surface area contributed by atoms with Crippen LogP contribution in [0.2, 0.25) is 0 Å². The Kier molecular flexibility index (Phi) is 4.17. The molecule has 1 fully saturated rings. The molecule has 0 bridgehead atoms. The fraction of sp³-hybridized carbons (Fsp3) is 0.133. The SMILES string of the molecule is CC(=O)OCC(=O)c1cnc2ccc(C=C3SC(=O)NC3=O)cn12.